The van der Waals surface area contributed by atoms with Gasteiger partial charge in [-0.15, -0.1) is 0 Å². The van der Waals surface area contributed by atoms with E-state index in [4.69, 9.17) is 0 Å². The maximum absolute atomic E-state index is 12.5. The van der Waals surface area contributed by atoms with Gasteiger partial charge in [-0.25, -0.2) is 0 Å². The molecule has 108 valence electrons. The topological polar surface area (TPSA) is 42.0 Å². The number of benzene rings is 1. The van der Waals surface area contributed by atoms with Gasteiger partial charge in [0.25, 0.3) is 0 Å². The van der Waals surface area contributed by atoms with Crippen LogP contribution in [0.15, 0.2) is 54.9 Å². The van der Waals surface area contributed by atoms with E-state index in [1.807, 2.05) is 30.3 Å². The SMILES string of the molecule is O=C(NC(c1ccccc1)c1ccncc1)C1CCCC1. The number of aromatic nitrogens is 1. The summed E-state index contributed by atoms with van der Waals surface area (Å²) in [5.74, 6) is 0.358. The van der Waals surface area contributed by atoms with Crippen LogP contribution in [-0.4, -0.2) is 10.9 Å². The summed E-state index contributed by atoms with van der Waals surface area (Å²) in [7, 11) is 0. The molecule has 1 fully saturated rings. The minimum absolute atomic E-state index is 0.0951. The van der Waals surface area contributed by atoms with Crippen molar-refractivity contribution in [3.63, 3.8) is 0 Å². The van der Waals surface area contributed by atoms with Gasteiger partial charge in [0.2, 0.25) is 5.91 Å². The third-order valence-corrected chi connectivity index (χ3v) is 4.18. The van der Waals surface area contributed by atoms with Crippen LogP contribution in [0, 0.1) is 5.92 Å². The maximum atomic E-state index is 12.5. The molecule has 1 aromatic carbocycles. The van der Waals surface area contributed by atoms with E-state index in [1.165, 1.54) is 12.8 Å². The summed E-state index contributed by atoms with van der Waals surface area (Å²) in [5, 5.41) is 3.22. The predicted octanol–water partition coefficient (Wildman–Crippen LogP) is 3.48. The second-order valence-corrected chi connectivity index (χ2v) is 5.61. The quantitative estimate of drug-likeness (QED) is 0.931. The van der Waals surface area contributed by atoms with Crippen molar-refractivity contribution in [3.8, 4) is 0 Å². The number of nitrogens with one attached hydrogen (secondary N) is 1. The fraction of sp³-hybridized carbons (Fsp3) is 0.333. The van der Waals surface area contributed by atoms with Crippen molar-refractivity contribution in [2.24, 2.45) is 5.92 Å². The van der Waals surface area contributed by atoms with Crippen LogP contribution in [0.5, 0.6) is 0 Å². The molecule has 1 saturated carbocycles. The van der Waals surface area contributed by atoms with Crippen LogP contribution in [0.4, 0.5) is 0 Å². The van der Waals surface area contributed by atoms with Crippen molar-refractivity contribution in [2.75, 3.05) is 0 Å². The lowest BCUT2D eigenvalue weighted by Gasteiger charge is -2.21. The molecule has 1 aromatic heterocycles. The van der Waals surface area contributed by atoms with E-state index in [0.29, 0.717) is 0 Å². The molecule has 3 rings (SSSR count). The normalized spacial score (nSPS) is 16.6. The first kappa shape index (κ1) is 13.8. The summed E-state index contributed by atoms with van der Waals surface area (Å²) >= 11 is 0. The molecule has 0 spiro atoms. The molecule has 1 aliphatic rings. The lowest BCUT2D eigenvalue weighted by atomic mass is 9.98. The summed E-state index contributed by atoms with van der Waals surface area (Å²) in [6.07, 6.45) is 7.92. The molecule has 1 unspecified atom stereocenters. The van der Waals surface area contributed by atoms with Gasteiger partial charge in [0.1, 0.15) is 0 Å². The van der Waals surface area contributed by atoms with Gasteiger partial charge in [-0.1, -0.05) is 43.2 Å². The lowest BCUT2D eigenvalue weighted by molar-refractivity contribution is -0.125. The highest BCUT2D eigenvalue weighted by molar-refractivity contribution is 5.79. The number of pyridine rings is 1. The molecular formula is C18H20N2O. The molecule has 1 aliphatic carbocycles. The van der Waals surface area contributed by atoms with Gasteiger partial charge in [0, 0.05) is 18.3 Å². The van der Waals surface area contributed by atoms with Gasteiger partial charge < -0.3 is 5.32 Å². The Bertz CT molecular complexity index is 537. The number of carbonyl (C=O) groups excluding carboxylic acids is 1. The average molecular weight is 280 g/mol. The third kappa shape index (κ3) is 3.30. The van der Waals surface area contributed by atoms with Crippen molar-refractivity contribution >= 4 is 5.91 Å². The largest absolute Gasteiger partial charge is 0.345 e. The van der Waals surface area contributed by atoms with Crippen molar-refractivity contribution in [2.45, 2.75) is 31.7 Å². The highest BCUT2D eigenvalue weighted by atomic mass is 16.1. The zero-order valence-electron chi connectivity index (χ0n) is 12.0. The van der Waals surface area contributed by atoms with Crippen molar-refractivity contribution in [3.05, 3.63) is 66.0 Å². The van der Waals surface area contributed by atoms with Gasteiger partial charge in [-0.3, -0.25) is 9.78 Å². The van der Waals surface area contributed by atoms with E-state index in [2.05, 4.69) is 22.4 Å². The monoisotopic (exact) mass is 280 g/mol. The first-order valence-electron chi connectivity index (χ1n) is 7.60. The van der Waals surface area contributed by atoms with E-state index in [9.17, 15) is 4.79 Å². The molecule has 1 amide bonds. The molecule has 3 heteroatoms. The van der Waals surface area contributed by atoms with Crippen molar-refractivity contribution in [1.82, 2.24) is 10.3 Å². The zero-order valence-corrected chi connectivity index (χ0v) is 12.0. The Morgan fingerprint density at radius 3 is 2.29 bits per heavy atom. The van der Waals surface area contributed by atoms with Gasteiger partial charge in [0.05, 0.1) is 6.04 Å². The highest BCUT2D eigenvalue weighted by Gasteiger charge is 2.25. The molecule has 0 radical (unpaired) electrons. The number of hydrogen-bond acceptors (Lipinski definition) is 2. The molecule has 1 atom stereocenters. The Morgan fingerprint density at radius 1 is 1.00 bits per heavy atom. The summed E-state index contributed by atoms with van der Waals surface area (Å²) in [6, 6.07) is 13.9. The first-order chi connectivity index (χ1) is 10.3. The first-order valence-corrected chi connectivity index (χ1v) is 7.60. The molecular weight excluding hydrogens is 260 g/mol. The third-order valence-electron chi connectivity index (χ3n) is 4.18. The standard InChI is InChI=1S/C18H20N2O/c21-18(16-8-4-5-9-16)20-17(14-6-2-1-3-7-14)15-10-12-19-13-11-15/h1-3,6-7,10-13,16-17H,4-5,8-9H2,(H,20,21). The minimum atomic E-state index is -0.0951. The number of carbonyl (C=O) groups is 1. The van der Waals surface area contributed by atoms with E-state index < -0.39 is 0 Å². The molecule has 1 heterocycles. The van der Waals surface area contributed by atoms with Crippen LogP contribution in [0.1, 0.15) is 42.9 Å². The van der Waals surface area contributed by atoms with Crippen LogP contribution >= 0.6 is 0 Å². The number of nitrogens with zero attached hydrogens (tertiary/aromatic N) is 1. The van der Waals surface area contributed by atoms with Gasteiger partial charge >= 0.3 is 0 Å². The minimum Gasteiger partial charge on any atom is -0.345 e. The van der Waals surface area contributed by atoms with Crippen LogP contribution in [0.25, 0.3) is 0 Å². The van der Waals surface area contributed by atoms with E-state index >= 15 is 0 Å². The second-order valence-electron chi connectivity index (χ2n) is 5.61. The van der Waals surface area contributed by atoms with Gasteiger partial charge in [0.15, 0.2) is 0 Å². The summed E-state index contributed by atoms with van der Waals surface area (Å²) in [4.78, 5) is 16.5. The molecule has 21 heavy (non-hydrogen) atoms. The Balaban J connectivity index is 1.84. The Hall–Kier alpha value is -2.16. The van der Waals surface area contributed by atoms with E-state index in [1.54, 1.807) is 12.4 Å². The lowest BCUT2D eigenvalue weighted by Crippen LogP contribution is -2.33. The van der Waals surface area contributed by atoms with Crippen LogP contribution in [0.2, 0.25) is 0 Å². The Morgan fingerprint density at radius 2 is 1.62 bits per heavy atom. The molecule has 0 bridgehead atoms. The number of amides is 1. The van der Waals surface area contributed by atoms with Gasteiger partial charge in [-0.05, 0) is 36.1 Å². The number of rotatable bonds is 4. The summed E-state index contributed by atoms with van der Waals surface area (Å²) < 4.78 is 0. The molecule has 0 saturated heterocycles. The molecule has 1 N–H and O–H groups in total. The van der Waals surface area contributed by atoms with Crippen molar-refractivity contribution in [1.29, 1.82) is 0 Å². The molecule has 0 aliphatic heterocycles. The molecule has 3 nitrogen and oxygen atoms in total. The highest BCUT2D eigenvalue weighted by Crippen LogP contribution is 2.27. The average Bonchev–Trinajstić information content (AvgIpc) is 3.09. The van der Waals surface area contributed by atoms with E-state index in [-0.39, 0.29) is 17.9 Å². The van der Waals surface area contributed by atoms with Gasteiger partial charge in [-0.2, -0.15) is 0 Å². The fourth-order valence-corrected chi connectivity index (χ4v) is 3.01. The molecule has 2 aromatic rings. The Labute approximate surface area is 125 Å². The fourth-order valence-electron chi connectivity index (χ4n) is 3.01. The predicted molar refractivity (Wildman–Crippen MR) is 82.6 cm³/mol. The van der Waals surface area contributed by atoms with Crippen LogP contribution < -0.4 is 5.32 Å². The van der Waals surface area contributed by atoms with Crippen LogP contribution in [-0.2, 0) is 4.79 Å². The van der Waals surface area contributed by atoms with E-state index in [0.717, 1.165) is 24.0 Å². The zero-order chi connectivity index (χ0) is 14.5. The van der Waals surface area contributed by atoms with Crippen LogP contribution in [0.3, 0.4) is 0 Å². The number of hydrogen-bond donors (Lipinski definition) is 1. The smallest absolute Gasteiger partial charge is 0.223 e. The maximum Gasteiger partial charge on any atom is 0.223 e. The summed E-state index contributed by atoms with van der Waals surface area (Å²) in [6.45, 7) is 0. The van der Waals surface area contributed by atoms with Crippen molar-refractivity contribution < 1.29 is 4.79 Å². The second kappa shape index (κ2) is 6.53. The Kier molecular flexibility index (Phi) is 4.29. The summed E-state index contributed by atoms with van der Waals surface area (Å²) in [5.41, 5.74) is 2.18.